The molecule has 0 radical (unpaired) electrons. The molecular weight excluding hydrogens is 350 g/mol. The van der Waals surface area contributed by atoms with E-state index >= 15 is 0 Å². The van der Waals surface area contributed by atoms with Crippen LogP contribution >= 0.6 is 31.2 Å². The van der Waals surface area contributed by atoms with Crippen molar-refractivity contribution in [3.8, 4) is 0 Å². The first kappa shape index (κ1) is 17.7. The zero-order valence-electron chi connectivity index (χ0n) is 9.47. The predicted octanol–water partition coefficient (Wildman–Crippen LogP) is 1.47. The molecule has 0 aliphatic carbocycles. The Hall–Kier alpha value is 0.600. The van der Waals surface area contributed by atoms with Crippen molar-refractivity contribution < 1.29 is 50.2 Å². The van der Waals surface area contributed by atoms with E-state index in [4.69, 9.17) is 14.7 Å². The Morgan fingerprint density at radius 1 is 0.789 bits per heavy atom. The molecule has 0 aromatic heterocycles. The maximum Gasteiger partial charge on any atom is 0.490 e. The van der Waals surface area contributed by atoms with Crippen molar-refractivity contribution in [3.05, 3.63) is 0 Å². The van der Waals surface area contributed by atoms with Crippen molar-refractivity contribution in [1.29, 1.82) is 0 Å². The van der Waals surface area contributed by atoms with Crippen LogP contribution in [0.5, 0.6) is 0 Å². The van der Waals surface area contributed by atoms with Gasteiger partial charge in [-0.3, -0.25) is 0 Å². The second kappa shape index (κ2) is 5.42. The normalized spacial score (nSPS) is 48.7. The molecule has 0 aromatic carbocycles. The summed E-state index contributed by atoms with van der Waals surface area (Å²) in [5, 5.41) is 1.98. The molecule has 0 aromatic rings. The van der Waals surface area contributed by atoms with Gasteiger partial charge in [0.2, 0.25) is 0 Å². The minimum Gasteiger partial charge on any atom is -0.302 e. The molecule has 0 bridgehead atoms. The molecule has 114 valence electrons. The molecule has 0 saturated carbocycles. The van der Waals surface area contributed by atoms with Crippen LogP contribution in [0.1, 0.15) is 13.8 Å². The second-order valence-corrected chi connectivity index (χ2v) is 10.2. The van der Waals surface area contributed by atoms with Crippen LogP contribution in [-0.4, -0.2) is 20.7 Å². The van der Waals surface area contributed by atoms with E-state index in [9.17, 15) is 18.3 Å². The summed E-state index contributed by atoms with van der Waals surface area (Å²) in [4.78, 5) is 27.0. The second-order valence-electron chi connectivity index (χ2n) is 3.51. The summed E-state index contributed by atoms with van der Waals surface area (Å²) in [5.41, 5.74) is 0. The van der Waals surface area contributed by atoms with E-state index in [0.29, 0.717) is 0 Å². The number of phosphoric acid groups is 3. The molecule has 19 heavy (non-hydrogen) atoms. The molecule has 12 nitrogen and oxygen atoms in total. The first-order chi connectivity index (χ1) is 8.24. The first-order valence-electron chi connectivity index (χ1n) is 4.46. The lowest BCUT2D eigenvalue weighted by molar-refractivity contribution is 0.181. The highest BCUT2D eigenvalue weighted by Gasteiger charge is 2.53. The molecule has 1 fully saturated rings. The lowest BCUT2D eigenvalue weighted by Crippen LogP contribution is -2.22. The Labute approximate surface area is 107 Å². The highest BCUT2D eigenvalue weighted by Crippen LogP contribution is 2.78. The number of hydrogen-bond acceptors (Lipinski definition) is 8. The van der Waals surface area contributed by atoms with E-state index in [2.05, 4.69) is 17.2 Å². The summed E-state index contributed by atoms with van der Waals surface area (Å²) in [6.45, 7) is 2.82. The van der Waals surface area contributed by atoms with Gasteiger partial charge in [-0.2, -0.15) is 17.2 Å². The van der Waals surface area contributed by atoms with Crippen molar-refractivity contribution in [2.45, 2.75) is 19.9 Å². The molecule has 2 atom stereocenters. The van der Waals surface area contributed by atoms with Gasteiger partial charge in [-0.05, 0) is 13.8 Å². The molecule has 4 N–H and O–H groups in total. The van der Waals surface area contributed by atoms with Crippen LogP contribution in [0, 0.1) is 0 Å². The average Bonchev–Trinajstić information content (AvgIpc) is 1.87. The van der Waals surface area contributed by atoms with Crippen molar-refractivity contribution in [2.75, 3.05) is 0 Å². The largest absolute Gasteiger partial charge is 0.490 e. The molecule has 2 unspecified atom stereocenters. The topological polar surface area (TPSA) is 178 Å². The molecule has 1 saturated heterocycles. The molecule has 16 heteroatoms. The Bertz CT molecular complexity index is 504. The number of nitrogens with one attached hydrogen (secondary N) is 1. The van der Waals surface area contributed by atoms with Crippen LogP contribution in [0.4, 0.5) is 0 Å². The fourth-order valence-electron chi connectivity index (χ4n) is 0.955. The van der Waals surface area contributed by atoms with Gasteiger partial charge < -0.3 is 14.7 Å². The third kappa shape index (κ3) is 5.85. The van der Waals surface area contributed by atoms with Crippen LogP contribution in [-0.2, 0) is 35.5 Å². The molecule has 0 spiro atoms. The smallest absolute Gasteiger partial charge is 0.302 e. The quantitative estimate of drug-likeness (QED) is 0.521. The monoisotopic (exact) mass is 361 g/mol. The molecule has 1 aliphatic rings. The Balaban J connectivity index is 3.19. The average molecular weight is 361 g/mol. The van der Waals surface area contributed by atoms with Crippen molar-refractivity contribution in [1.82, 2.24) is 5.09 Å². The summed E-state index contributed by atoms with van der Waals surface area (Å²) in [5.74, 6) is 0. The predicted molar refractivity (Wildman–Crippen MR) is 59.7 cm³/mol. The maximum absolute atomic E-state index is 11.9. The third-order valence-corrected chi connectivity index (χ3v) is 8.76. The zero-order valence-corrected chi connectivity index (χ0v) is 13.1. The van der Waals surface area contributed by atoms with E-state index in [1.807, 2.05) is 5.09 Å². The van der Waals surface area contributed by atoms with E-state index in [1.165, 1.54) is 13.8 Å². The van der Waals surface area contributed by atoms with Crippen molar-refractivity contribution in [2.24, 2.45) is 0 Å². The molecule has 1 heterocycles. The van der Waals surface area contributed by atoms with E-state index in [1.54, 1.807) is 0 Å². The van der Waals surface area contributed by atoms with Gasteiger partial charge in [0.1, 0.15) is 0 Å². The summed E-state index contributed by atoms with van der Waals surface area (Å²) in [6.07, 6.45) is 0. The molecule has 1 aliphatic heterocycles. The van der Waals surface area contributed by atoms with Crippen LogP contribution in [0.25, 0.3) is 0 Å². The number of rotatable bonds is 2. The van der Waals surface area contributed by atoms with Gasteiger partial charge >= 0.3 is 31.2 Å². The van der Waals surface area contributed by atoms with Gasteiger partial charge in [-0.25, -0.2) is 23.3 Å². The Morgan fingerprint density at radius 3 is 1.42 bits per heavy atom. The van der Waals surface area contributed by atoms with Crippen LogP contribution in [0.3, 0.4) is 0 Å². The standard InChI is InChI=1S/C3H11NO11P4/c1-3(2)4-16(5)12-17(6,7)14-19(10,11)15-18(8,9)13-16/h3H,1-2H3,(H,4,5)(H,6,7)(H,8,9)(H,10,11). The summed E-state index contributed by atoms with van der Waals surface area (Å²) in [6, 6.07) is -0.661. The van der Waals surface area contributed by atoms with Gasteiger partial charge in [-0.1, -0.05) is 0 Å². The SMILES string of the molecule is CC(C)NP1(=O)OP(=O)(O)OP(=O)(O)OP(=O)(O)O1. The number of hydrogen-bond donors (Lipinski definition) is 4. The highest BCUT2D eigenvalue weighted by atomic mass is 31.3. The summed E-state index contributed by atoms with van der Waals surface area (Å²) in [7, 11) is -20.9. The van der Waals surface area contributed by atoms with Crippen LogP contribution in [0.2, 0.25) is 0 Å². The van der Waals surface area contributed by atoms with Gasteiger partial charge in [0.15, 0.2) is 0 Å². The molecule has 1 rings (SSSR count). The van der Waals surface area contributed by atoms with Crippen LogP contribution < -0.4 is 5.09 Å². The van der Waals surface area contributed by atoms with Crippen molar-refractivity contribution in [3.63, 3.8) is 0 Å². The fourth-order valence-corrected chi connectivity index (χ4v) is 7.78. The molecule has 0 amide bonds. The van der Waals surface area contributed by atoms with Crippen LogP contribution in [0.15, 0.2) is 0 Å². The third-order valence-electron chi connectivity index (χ3n) is 1.25. The summed E-state index contributed by atoms with van der Waals surface area (Å²) < 4.78 is 60.8. The summed E-state index contributed by atoms with van der Waals surface area (Å²) >= 11 is 0. The minimum absolute atomic E-state index is 0.661. The van der Waals surface area contributed by atoms with E-state index < -0.39 is 37.3 Å². The van der Waals surface area contributed by atoms with Gasteiger partial charge in [0, 0.05) is 6.04 Å². The first-order valence-corrected chi connectivity index (χ1v) is 10.5. The van der Waals surface area contributed by atoms with Gasteiger partial charge in [0.05, 0.1) is 0 Å². The minimum atomic E-state index is -5.42. The van der Waals surface area contributed by atoms with E-state index in [-0.39, 0.29) is 0 Å². The van der Waals surface area contributed by atoms with Crippen molar-refractivity contribution >= 4 is 31.2 Å². The van der Waals surface area contributed by atoms with Gasteiger partial charge in [0.25, 0.3) is 0 Å². The zero-order chi connectivity index (χ0) is 15.1. The Morgan fingerprint density at radius 2 is 1.11 bits per heavy atom. The molecular formula is C3H11NO11P4. The maximum atomic E-state index is 11.9. The fraction of sp³-hybridized carbons (Fsp3) is 1.00. The lowest BCUT2D eigenvalue weighted by atomic mass is 10.4. The van der Waals surface area contributed by atoms with E-state index in [0.717, 1.165) is 0 Å². The Kier molecular flexibility index (Phi) is 5.04. The lowest BCUT2D eigenvalue weighted by Gasteiger charge is -2.27. The highest BCUT2D eigenvalue weighted by molar-refractivity contribution is 7.75. The van der Waals surface area contributed by atoms with Gasteiger partial charge in [-0.15, -0.1) is 0 Å².